The Morgan fingerprint density at radius 2 is 1.17 bits per heavy atom. The second kappa shape index (κ2) is 6.00. The lowest BCUT2D eigenvalue weighted by atomic mass is 9.63. The van der Waals surface area contributed by atoms with Crippen LogP contribution in [0, 0.1) is 45.3 Å². The van der Waals surface area contributed by atoms with Gasteiger partial charge in [0.1, 0.15) is 11.6 Å². The highest BCUT2D eigenvalue weighted by molar-refractivity contribution is 6.30. The van der Waals surface area contributed by atoms with E-state index in [9.17, 15) is 9.59 Å². The highest BCUT2D eigenvalue weighted by Gasteiger charge is 2.72. The molecule has 5 rings (SSSR count). The number of fused-ring (bicyclic) bond motifs is 4. The standard InChI is InChI=1S/C27H35ClO2/c1-24(2)17-11-13-26(24,5)22(29)20(17)19(15-7-9-16(28)10-8-15)21-18-12-14-27(6,23(21)30)25(18,3)4/h7-10,17-21H,11-14H2,1-6H3. The van der Waals surface area contributed by atoms with Crippen LogP contribution >= 0.6 is 11.6 Å². The molecular formula is C27H35ClO2. The van der Waals surface area contributed by atoms with Crippen molar-refractivity contribution in [1.29, 1.82) is 0 Å². The average Bonchev–Trinajstić information content (AvgIpc) is 3.16. The van der Waals surface area contributed by atoms with Crippen molar-refractivity contribution in [1.82, 2.24) is 0 Å². The Morgan fingerprint density at radius 3 is 1.50 bits per heavy atom. The van der Waals surface area contributed by atoms with Crippen molar-refractivity contribution in [2.24, 2.45) is 45.3 Å². The Bertz CT molecular complexity index is 875. The fourth-order valence-electron chi connectivity index (χ4n) is 8.46. The lowest BCUT2D eigenvalue weighted by Gasteiger charge is -2.39. The first kappa shape index (κ1) is 20.7. The molecular weight excluding hydrogens is 392 g/mol. The van der Waals surface area contributed by atoms with Gasteiger partial charge in [-0.15, -0.1) is 0 Å². The topological polar surface area (TPSA) is 34.1 Å². The van der Waals surface area contributed by atoms with Crippen molar-refractivity contribution < 1.29 is 9.59 Å². The zero-order valence-corrected chi connectivity index (χ0v) is 20.0. The Labute approximate surface area is 186 Å². The fourth-order valence-corrected chi connectivity index (χ4v) is 8.59. The van der Waals surface area contributed by atoms with Crippen LogP contribution in [0.1, 0.15) is 78.7 Å². The third-order valence-corrected chi connectivity index (χ3v) is 11.4. The second-order valence-corrected chi connectivity index (χ2v) is 12.7. The molecule has 4 bridgehead atoms. The van der Waals surface area contributed by atoms with Crippen LogP contribution in [0.4, 0.5) is 0 Å². The smallest absolute Gasteiger partial charge is 0.143 e. The van der Waals surface area contributed by atoms with E-state index in [-0.39, 0.29) is 39.4 Å². The molecule has 0 spiro atoms. The highest BCUT2D eigenvalue weighted by atomic mass is 35.5. The summed E-state index contributed by atoms with van der Waals surface area (Å²) in [5.41, 5.74) is 0.564. The molecule has 0 N–H and O–H groups in total. The first-order chi connectivity index (χ1) is 13.9. The van der Waals surface area contributed by atoms with Crippen molar-refractivity contribution in [3.05, 3.63) is 34.9 Å². The van der Waals surface area contributed by atoms with Gasteiger partial charge in [-0.1, -0.05) is 65.3 Å². The van der Waals surface area contributed by atoms with Crippen molar-refractivity contribution in [2.45, 2.75) is 73.1 Å². The first-order valence-electron chi connectivity index (χ1n) is 11.7. The van der Waals surface area contributed by atoms with Gasteiger partial charge >= 0.3 is 0 Å². The third-order valence-electron chi connectivity index (χ3n) is 11.2. The first-order valence-corrected chi connectivity index (χ1v) is 12.1. The highest BCUT2D eigenvalue weighted by Crippen LogP contribution is 2.73. The van der Waals surface area contributed by atoms with Crippen LogP contribution < -0.4 is 0 Å². The molecule has 0 heterocycles. The summed E-state index contributed by atoms with van der Waals surface area (Å²) in [7, 11) is 0. The zero-order chi connectivity index (χ0) is 21.9. The Morgan fingerprint density at radius 1 is 0.767 bits per heavy atom. The monoisotopic (exact) mass is 426 g/mol. The summed E-state index contributed by atoms with van der Waals surface area (Å²) in [4.78, 5) is 27.9. The minimum Gasteiger partial charge on any atom is -0.299 e. The van der Waals surface area contributed by atoms with Gasteiger partial charge in [0.05, 0.1) is 0 Å². The predicted molar refractivity (Wildman–Crippen MR) is 120 cm³/mol. The fraction of sp³-hybridized carbons (Fsp3) is 0.704. The minimum atomic E-state index is -0.271. The number of hydrogen-bond acceptors (Lipinski definition) is 2. The molecule has 2 nitrogen and oxygen atoms in total. The summed E-state index contributed by atoms with van der Waals surface area (Å²) in [6.07, 6.45) is 4.16. The molecule has 3 heteroatoms. The van der Waals surface area contributed by atoms with Gasteiger partial charge in [-0.2, -0.15) is 0 Å². The molecule has 4 saturated carbocycles. The molecule has 0 saturated heterocycles. The molecule has 6 atom stereocenters. The van der Waals surface area contributed by atoms with Crippen molar-refractivity contribution >= 4 is 23.2 Å². The average molecular weight is 427 g/mol. The minimum absolute atomic E-state index is 0.0144. The Balaban J connectivity index is 1.67. The van der Waals surface area contributed by atoms with Crippen LogP contribution in [0.5, 0.6) is 0 Å². The molecule has 6 unspecified atom stereocenters. The molecule has 1 aromatic carbocycles. The normalized spacial score (nSPS) is 44.1. The van der Waals surface area contributed by atoms with E-state index in [1.165, 1.54) is 0 Å². The second-order valence-electron chi connectivity index (χ2n) is 12.3. The predicted octanol–water partition coefficient (Wildman–Crippen LogP) is 6.71. The Kier molecular flexibility index (Phi) is 4.15. The van der Waals surface area contributed by atoms with Crippen LogP contribution in [0.15, 0.2) is 24.3 Å². The number of benzene rings is 1. The van der Waals surface area contributed by atoms with E-state index in [1.54, 1.807) is 0 Å². The van der Waals surface area contributed by atoms with Crippen LogP contribution in [0.2, 0.25) is 5.02 Å². The Hall–Kier alpha value is -1.15. The van der Waals surface area contributed by atoms with E-state index < -0.39 is 0 Å². The van der Waals surface area contributed by atoms with Crippen LogP contribution in [0.3, 0.4) is 0 Å². The summed E-state index contributed by atoms with van der Waals surface area (Å²) >= 11 is 6.22. The molecule has 0 aromatic heterocycles. The maximum Gasteiger partial charge on any atom is 0.143 e. The van der Waals surface area contributed by atoms with Crippen molar-refractivity contribution in [3.63, 3.8) is 0 Å². The number of hydrogen-bond donors (Lipinski definition) is 0. The largest absolute Gasteiger partial charge is 0.299 e. The van der Waals surface area contributed by atoms with Crippen molar-refractivity contribution in [3.8, 4) is 0 Å². The van der Waals surface area contributed by atoms with E-state index in [2.05, 4.69) is 53.7 Å². The maximum absolute atomic E-state index is 14.0. The zero-order valence-electron chi connectivity index (χ0n) is 19.2. The molecule has 30 heavy (non-hydrogen) atoms. The van der Waals surface area contributed by atoms with Crippen LogP contribution in [0.25, 0.3) is 0 Å². The number of rotatable bonds is 3. The van der Waals surface area contributed by atoms with Crippen molar-refractivity contribution in [2.75, 3.05) is 0 Å². The number of carbonyl (C=O) groups is 2. The molecule has 0 amide bonds. The van der Waals surface area contributed by atoms with E-state index >= 15 is 0 Å². The molecule has 4 aliphatic rings. The van der Waals surface area contributed by atoms with Gasteiger partial charge in [0, 0.05) is 33.6 Å². The third kappa shape index (κ3) is 2.17. The number of halogens is 1. The molecule has 1 aromatic rings. The SMILES string of the molecule is CC12CCC(C(C(c3ccc(Cl)cc3)C3C(=O)C4(C)CCC3C4(C)C)C1=O)C2(C)C. The van der Waals surface area contributed by atoms with E-state index in [4.69, 9.17) is 11.6 Å². The molecule has 4 aliphatic carbocycles. The molecule has 162 valence electrons. The summed E-state index contributed by atoms with van der Waals surface area (Å²) in [6.45, 7) is 13.5. The van der Waals surface area contributed by atoms with E-state index in [0.717, 1.165) is 31.2 Å². The maximum atomic E-state index is 14.0. The summed E-state index contributed by atoms with van der Waals surface area (Å²) in [5, 5.41) is 0.704. The molecule has 0 radical (unpaired) electrons. The van der Waals surface area contributed by atoms with Crippen LogP contribution in [-0.4, -0.2) is 11.6 Å². The van der Waals surface area contributed by atoms with Crippen LogP contribution in [-0.2, 0) is 9.59 Å². The quantitative estimate of drug-likeness (QED) is 0.538. The van der Waals surface area contributed by atoms with Gasteiger partial charge < -0.3 is 0 Å². The lowest BCUT2D eigenvalue weighted by molar-refractivity contribution is -0.136. The van der Waals surface area contributed by atoms with Gasteiger partial charge in [0.15, 0.2) is 0 Å². The van der Waals surface area contributed by atoms with Gasteiger partial charge in [-0.25, -0.2) is 0 Å². The lowest BCUT2D eigenvalue weighted by Crippen LogP contribution is -2.41. The number of carbonyl (C=O) groups excluding carboxylic acids is 2. The van der Waals surface area contributed by atoms with E-state index in [0.29, 0.717) is 28.4 Å². The summed E-state index contributed by atoms with van der Waals surface area (Å²) in [6, 6.07) is 8.02. The summed E-state index contributed by atoms with van der Waals surface area (Å²) < 4.78 is 0. The van der Waals surface area contributed by atoms with E-state index in [1.807, 2.05) is 12.1 Å². The summed E-state index contributed by atoms with van der Waals surface area (Å²) in [5.74, 6) is 1.35. The van der Waals surface area contributed by atoms with Gasteiger partial charge in [-0.05, 0) is 66.0 Å². The number of Topliss-reactive ketones (excluding diaryl/α,β-unsaturated/α-hetero) is 2. The van der Waals surface area contributed by atoms with Gasteiger partial charge in [0.2, 0.25) is 0 Å². The van der Waals surface area contributed by atoms with Gasteiger partial charge in [-0.3, -0.25) is 9.59 Å². The molecule has 0 aliphatic heterocycles. The van der Waals surface area contributed by atoms with Gasteiger partial charge in [0.25, 0.3) is 0 Å². The number of ketones is 2. The molecule has 4 fully saturated rings.